The van der Waals surface area contributed by atoms with Crippen molar-refractivity contribution in [2.45, 2.75) is 19.9 Å². The zero-order valence-electron chi connectivity index (χ0n) is 14.5. The second-order valence-corrected chi connectivity index (χ2v) is 6.29. The van der Waals surface area contributed by atoms with Gasteiger partial charge in [-0.05, 0) is 31.5 Å². The summed E-state index contributed by atoms with van der Waals surface area (Å²) in [5, 5.41) is 20.2. The number of carbonyl (C=O) groups is 1. The Balaban J connectivity index is 1.81. The first-order valence-electron chi connectivity index (χ1n) is 8.50. The fourth-order valence-corrected chi connectivity index (χ4v) is 3.24. The highest BCUT2D eigenvalue weighted by Crippen LogP contribution is 2.39. The van der Waals surface area contributed by atoms with Crippen molar-refractivity contribution in [2.24, 2.45) is 0 Å². The lowest BCUT2D eigenvalue weighted by atomic mass is 9.96. The maximum atomic E-state index is 12.4. The number of phenols is 1. The van der Waals surface area contributed by atoms with E-state index in [-0.39, 0.29) is 17.7 Å². The fourth-order valence-electron chi connectivity index (χ4n) is 3.24. The minimum absolute atomic E-state index is 0.0751. The number of hydrogen-bond donors (Lipinski definition) is 3. The number of aromatic hydroxyl groups is 1. The molecule has 0 radical (unpaired) electrons. The molecule has 26 heavy (non-hydrogen) atoms. The van der Waals surface area contributed by atoms with Crippen LogP contribution in [0.2, 0.25) is 0 Å². The van der Waals surface area contributed by atoms with Crippen molar-refractivity contribution in [3.05, 3.63) is 64.8 Å². The van der Waals surface area contributed by atoms with Crippen LogP contribution in [0.15, 0.2) is 42.5 Å². The average molecular weight is 349 g/mol. The third-order valence-corrected chi connectivity index (χ3v) is 4.54. The number of amides is 1. The Kier molecular flexibility index (Phi) is 3.88. The van der Waals surface area contributed by atoms with Gasteiger partial charge in [0.15, 0.2) is 11.5 Å². The molecule has 1 aliphatic rings. The van der Waals surface area contributed by atoms with Crippen molar-refractivity contribution >= 4 is 5.91 Å². The summed E-state index contributed by atoms with van der Waals surface area (Å²) in [5.41, 5.74) is 4.95. The molecule has 1 aromatic heterocycles. The van der Waals surface area contributed by atoms with Crippen LogP contribution >= 0.6 is 0 Å². The Morgan fingerprint density at radius 1 is 1.19 bits per heavy atom. The lowest BCUT2D eigenvalue weighted by Gasteiger charge is -2.15. The summed E-state index contributed by atoms with van der Waals surface area (Å²) in [4.78, 5) is 12.4. The number of ether oxygens (including phenoxy) is 1. The van der Waals surface area contributed by atoms with E-state index in [2.05, 4.69) is 15.5 Å². The van der Waals surface area contributed by atoms with Gasteiger partial charge in [0.2, 0.25) is 0 Å². The van der Waals surface area contributed by atoms with Gasteiger partial charge in [0.25, 0.3) is 5.91 Å². The van der Waals surface area contributed by atoms with Gasteiger partial charge in [0.1, 0.15) is 5.69 Å². The van der Waals surface area contributed by atoms with E-state index in [0.717, 1.165) is 27.9 Å². The van der Waals surface area contributed by atoms with Crippen LogP contribution in [0, 0.1) is 6.92 Å². The number of fused-ring (bicyclic) bond motifs is 1. The van der Waals surface area contributed by atoms with Gasteiger partial charge < -0.3 is 15.2 Å². The highest BCUT2D eigenvalue weighted by molar-refractivity contribution is 6.00. The summed E-state index contributed by atoms with van der Waals surface area (Å²) in [6.45, 7) is 4.32. The molecule has 0 aliphatic carbocycles. The molecule has 6 heteroatoms. The predicted molar refractivity (Wildman–Crippen MR) is 97.3 cm³/mol. The molecule has 2 heterocycles. The average Bonchev–Trinajstić information content (AvgIpc) is 3.20. The number of aromatic amines is 1. The first-order chi connectivity index (χ1) is 12.6. The number of H-pyrrole nitrogens is 1. The van der Waals surface area contributed by atoms with Crippen LogP contribution in [0.4, 0.5) is 0 Å². The molecule has 4 rings (SSSR count). The van der Waals surface area contributed by atoms with E-state index >= 15 is 0 Å². The van der Waals surface area contributed by atoms with Crippen LogP contribution in [0.3, 0.4) is 0 Å². The smallest absolute Gasteiger partial charge is 0.270 e. The highest BCUT2D eigenvalue weighted by atomic mass is 16.5. The van der Waals surface area contributed by atoms with E-state index in [9.17, 15) is 9.90 Å². The Morgan fingerprint density at radius 3 is 2.69 bits per heavy atom. The van der Waals surface area contributed by atoms with Crippen LogP contribution in [-0.4, -0.2) is 27.8 Å². The van der Waals surface area contributed by atoms with Crippen molar-refractivity contribution in [1.82, 2.24) is 15.5 Å². The molecule has 1 amide bonds. The summed E-state index contributed by atoms with van der Waals surface area (Å²) in [6, 6.07) is 12.8. The Hall–Kier alpha value is -3.28. The van der Waals surface area contributed by atoms with Crippen LogP contribution in [0.25, 0.3) is 11.3 Å². The highest BCUT2D eigenvalue weighted by Gasteiger charge is 2.35. The van der Waals surface area contributed by atoms with Gasteiger partial charge in [-0.2, -0.15) is 5.10 Å². The van der Waals surface area contributed by atoms with Crippen LogP contribution in [0.5, 0.6) is 11.5 Å². The van der Waals surface area contributed by atoms with Crippen molar-refractivity contribution in [3.8, 4) is 22.8 Å². The molecule has 1 unspecified atom stereocenters. The minimum Gasteiger partial charge on any atom is -0.504 e. The lowest BCUT2D eigenvalue weighted by molar-refractivity contribution is 0.0955. The number of rotatable bonds is 4. The molecule has 1 atom stereocenters. The van der Waals surface area contributed by atoms with E-state index in [1.54, 1.807) is 18.2 Å². The Labute approximate surface area is 150 Å². The van der Waals surface area contributed by atoms with E-state index < -0.39 is 0 Å². The SMILES string of the molecule is CCOc1cc(C2NC(=O)c3[nH]nc(-c4ccc(C)cc4)c32)ccc1O. The van der Waals surface area contributed by atoms with Gasteiger partial charge in [0.05, 0.1) is 18.3 Å². The standard InChI is InChI=1S/C20H19N3O3/c1-3-26-15-10-13(8-9-14(15)24)17-16-18(12-6-4-11(2)5-7-12)22-23-19(16)20(25)21-17/h4-10,17,24H,3H2,1-2H3,(H,21,25)(H,22,23). The first kappa shape index (κ1) is 16.2. The number of benzene rings is 2. The van der Waals surface area contributed by atoms with Gasteiger partial charge >= 0.3 is 0 Å². The second-order valence-electron chi connectivity index (χ2n) is 6.29. The number of aryl methyl sites for hydroxylation is 1. The Bertz CT molecular complexity index is 976. The molecule has 132 valence electrons. The van der Waals surface area contributed by atoms with E-state index in [0.29, 0.717) is 18.1 Å². The van der Waals surface area contributed by atoms with Gasteiger partial charge in [0, 0.05) is 11.1 Å². The van der Waals surface area contributed by atoms with Gasteiger partial charge in [-0.1, -0.05) is 35.9 Å². The summed E-state index contributed by atoms with van der Waals surface area (Å²) in [6.07, 6.45) is 0. The Morgan fingerprint density at radius 2 is 1.96 bits per heavy atom. The first-order valence-corrected chi connectivity index (χ1v) is 8.50. The quantitative estimate of drug-likeness (QED) is 0.674. The monoisotopic (exact) mass is 349 g/mol. The topological polar surface area (TPSA) is 87.2 Å². The van der Waals surface area contributed by atoms with Gasteiger partial charge in [-0.3, -0.25) is 9.89 Å². The molecule has 2 aromatic carbocycles. The number of nitrogens with one attached hydrogen (secondary N) is 2. The van der Waals surface area contributed by atoms with Crippen molar-refractivity contribution in [1.29, 1.82) is 0 Å². The van der Waals surface area contributed by atoms with Crippen molar-refractivity contribution in [3.63, 3.8) is 0 Å². The third-order valence-electron chi connectivity index (χ3n) is 4.54. The van der Waals surface area contributed by atoms with E-state index in [1.165, 1.54) is 0 Å². The minimum atomic E-state index is -0.354. The maximum Gasteiger partial charge on any atom is 0.270 e. The number of nitrogens with zero attached hydrogens (tertiary/aromatic N) is 1. The number of phenolic OH excluding ortho intramolecular Hbond substituents is 1. The normalized spacial score (nSPS) is 15.6. The molecular weight excluding hydrogens is 330 g/mol. The van der Waals surface area contributed by atoms with E-state index in [1.807, 2.05) is 38.1 Å². The summed E-state index contributed by atoms with van der Waals surface area (Å²) >= 11 is 0. The molecule has 1 aliphatic heterocycles. The summed E-state index contributed by atoms with van der Waals surface area (Å²) in [7, 11) is 0. The van der Waals surface area contributed by atoms with Crippen LogP contribution in [-0.2, 0) is 0 Å². The predicted octanol–water partition coefficient (Wildman–Crippen LogP) is 3.32. The van der Waals surface area contributed by atoms with Crippen LogP contribution in [0.1, 0.15) is 40.1 Å². The van der Waals surface area contributed by atoms with E-state index in [4.69, 9.17) is 4.74 Å². The zero-order valence-corrected chi connectivity index (χ0v) is 14.5. The molecule has 3 aromatic rings. The maximum absolute atomic E-state index is 12.4. The molecule has 0 fully saturated rings. The largest absolute Gasteiger partial charge is 0.504 e. The molecule has 0 bridgehead atoms. The van der Waals surface area contributed by atoms with Crippen LogP contribution < -0.4 is 10.1 Å². The van der Waals surface area contributed by atoms with Gasteiger partial charge in [-0.25, -0.2) is 0 Å². The molecule has 3 N–H and O–H groups in total. The van der Waals surface area contributed by atoms with Gasteiger partial charge in [-0.15, -0.1) is 0 Å². The zero-order chi connectivity index (χ0) is 18.3. The number of aromatic nitrogens is 2. The molecule has 0 spiro atoms. The molecular formula is C20H19N3O3. The number of carbonyl (C=O) groups excluding carboxylic acids is 1. The third kappa shape index (κ3) is 2.60. The lowest BCUT2D eigenvalue weighted by Crippen LogP contribution is -2.21. The fraction of sp³-hybridized carbons (Fsp3) is 0.200. The molecule has 0 saturated carbocycles. The summed E-state index contributed by atoms with van der Waals surface area (Å²) < 4.78 is 5.48. The molecule has 0 saturated heterocycles. The van der Waals surface area contributed by atoms with Crippen molar-refractivity contribution in [2.75, 3.05) is 6.61 Å². The molecule has 6 nitrogen and oxygen atoms in total. The number of hydrogen-bond acceptors (Lipinski definition) is 4. The second kappa shape index (κ2) is 6.22. The van der Waals surface area contributed by atoms with Crippen molar-refractivity contribution < 1.29 is 14.6 Å². The summed E-state index contributed by atoms with van der Waals surface area (Å²) in [5.74, 6) is 0.279.